The number of nitrogens with zero attached hydrogens (tertiary/aromatic N) is 2. The Bertz CT molecular complexity index is 890. The predicted molar refractivity (Wildman–Crippen MR) is 93.6 cm³/mol. The zero-order chi connectivity index (χ0) is 16.2. The zero-order valence-electron chi connectivity index (χ0n) is 12.2. The Hall–Kier alpha value is -2.62. The monoisotopic (exact) mass is 340 g/mol. The predicted octanol–water partition coefficient (Wildman–Crippen LogP) is 4.65. The van der Waals surface area contributed by atoms with Crippen molar-refractivity contribution in [2.75, 3.05) is 7.11 Å². The molecule has 4 nitrogen and oxygen atoms in total. The van der Waals surface area contributed by atoms with Crippen LogP contribution < -0.4 is 4.74 Å². The minimum Gasteiger partial charge on any atom is -0.504 e. The molecule has 0 unspecified atom stereocenters. The van der Waals surface area contributed by atoms with Gasteiger partial charge in [-0.05, 0) is 35.2 Å². The summed E-state index contributed by atoms with van der Waals surface area (Å²) in [6.45, 7) is 0. The van der Waals surface area contributed by atoms with E-state index in [1.165, 1.54) is 18.4 Å². The van der Waals surface area contributed by atoms with Crippen LogP contribution in [0.2, 0.25) is 0 Å². The van der Waals surface area contributed by atoms with Crippen LogP contribution in [0.4, 0.5) is 0 Å². The van der Waals surface area contributed by atoms with Crippen molar-refractivity contribution in [3.8, 4) is 28.1 Å². The second-order valence-electron chi connectivity index (χ2n) is 4.62. The SMILES string of the molecule is COc1cc(/C=C(\C#N)c2nc(-c3cccs3)cs2)ccc1O. The number of aromatic hydroxyl groups is 1. The second kappa shape index (κ2) is 6.65. The number of ether oxygens (including phenoxy) is 1. The minimum absolute atomic E-state index is 0.0670. The summed E-state index contributed by atoms with van der Waals surface area (Å²) in [7, 11) is 1.49. The maximum Gasteiger partial charge on any atom is 0.161 e. The van der Waals surface area contributed by atoms with E-state index in [-0.39, 0.29) is 5.75 Å². The van der Waals surface area contributed by atoms with Crippen LogP contribution in [-0.2, 0) is 0 Å². The van der Waals surface area contributed by atoms with E-state index in [4.69, 9.17) is 4.74 Å². The largest absolute Gasteiger partial charge is 0.504 e. The quantitative estimate of drug-likeness (QED) is 0.702. The Labute approximate surface area is 141 Å². The number of phenols is 1. The smallest absolute Gasteiger partial charge is 0.161 e. The molecular weight excluding hydrogens is 328 g/mol. The number of benzene rings is 1. The Kier molecular flexibility index (Phi) is 4.42. The van der Waals surface area contributed by atoms with Crippen molar-refractivity contribution in [1.29, 1.82) is 5.26 Å². The Balaban J connectivity index is 1.95. The van der Waals surface area contributed by atoms with Crippen LogP contribution in [0, 0.1) is 11.3 Å². The van der Waals surface area contributed by atoms with Gasteiger partial charge in [0.05, 0.1) is 23.3 Å². The summed E-state index contributed by atoms with van der Waals surface area (Å²) in [5, 5.41) is 23.7. The molecule has 114 valence electrons. The third kappa shape index (κ3) is 3.26. The van der Waals surface area contributed by atoms with Crippen molar-refractivity contribution >= 4 is 34.3 Å². The highest BCUT2D eigenvalue weighted by Gasteiger charge is 2.10. The van der Waals surface area contributed by atoms with Crippen molar-refractivity contribution in [2.24, 2.45) is 0 Å². The highest BCUT2D eigenvalue weighted by Crippen LogP contribution is 2.31. The standard InChI is InChI=1S/C17H12N2O2S2/c1-21-15-8-11(4-5-14(15)20)7-12(9-18)17-19-13(10-23-17)16-3-2-6-22-16/h2-8,10,20H,1H3/b12-7+. The van der Waals surface area contributed by atoms with Crippen molar-refractivity contribution < 1.29 is 9.84 Å². The van der Waals surface area contributed by atoms with E-state index in [0.717, 1.165) is 16.1 Å². The molecule has 0 atom stereocenters. The van der Waals surface area contributed by atoms with Crippen LogP contribution in [0.3, 0.4) is 0 Å². The van der Waals surface area contributed by atoms with Gasteiger partial charge in [-0.15, -0.1) is 22.7 Å². The van der Waals surface area contributed by atoms with Gasteiger partial charge in [-0.3, -0.25) is 0 Å². The molecule has 0 saturated carbocycles. The Morgan fingerprint density at radius 1 is 1.35 bits per heavy atom. The van der Waals surface area contributed by atoms with E-state index in [1.807, 2.05) is 22.9 Å². The maximum absolute atomic E-state index is 9.63. The van der Waals surface area contributed by atoms with Crippen molar-refractivity contribution in [2.45, 2.75) is 0 Å². The summed E-state index contributed by atoms with van der Waals surface area (Å²) in [5.74, 6) is 0.437. The summed E-state index contributed by atoms with van der Waals surface area (Å²) in [6, 6.07) is 11.1. The second-order valence-corrected chi connectivity index (χ2v) is 6.42. The average molecular weight is 340 g/mol. The first-order valence-electron chi connectivity index (χ1n) is 6.70. The van der Waals surface area contributed by atoms with Gasteiger partial charge >= 0.3 is 0 Å². The number of methoxy groups -OCH3 is 1. The number of hydrogen-bond donors (Lipinski definition) is 1. The van der Waals surface area contributed by atoms with Crippen LogP contribution >= 0.6 is 22.7 Å². The fourth-order valence-electron chi connectivity index (χ4n) is 2.03. The lowest BCUT2D eigenvalue weighted by atomic mass is 10.1. The van der Waals surface area contributed by atoms with Crippen LogP contribution in [0.1, 0.15) is 10.6 Å². The lowest BCUT2D eigenvalue weighted by Gasteiger charge is -2.04. The molecule has 0 amide bonds. The molecule has 1 aromatic carbocycles. The van der Waals surface area contributed by atoms with Crippen LogP contribution in [0.15, 0.2) is 41.1 Å². The molecule has 0 aliphatic heterocycles. The van der Waals surface area contributed by atoms with Crippen LogP contribution in [0.5, 0.6) is 11.5 Å². The Morgan fingerprint density at radius 3 is 2.91 bits per heavy atom. The Morgan fingerprint density at radius 2 is 2.22 bits per heavy atom. The number of nitriles is 1. The van der Waals surface area contributed by atoms with Gasteiger partial charge in [0, 0.05) is 5.38 Å². The molecule has 2 aromatic heterocycles. The summed E-state index contributed by atoms with van der Waals surface area (Å²) in [4.78, 5) is 5.62. The first kappa shape index (κ1) is 15.3. The molecule has 0 bridgehead atoms. The molecular formula is C17H12N2O2S2. The molecule has 0 spiro atoms. The van der Waals surface area contributed by atoms with Crippen LogP contribution in [0.25, 0.3) is 22.2 Å². The van der Waals surface area contributed by atoms with Gasteiger partial charge in [0.25, 0.3) is 0 Å². The van der Waals surface area contributed by atoms with Gasteiger partial charge in [-0.25, -0.2) is 4.98 Å². The van der Waals surface area contributed by atoms with E-state index in [1.54, 1.807) is 35.6 Å². The fourth-order valence-corrected chi connectivity index (χ4v) is 3.57. The first-order valence-corrected chi connectivity index (χ1v) is 8.46. The molecule has 3 rings (SSSR count). The summed E-state index contributed by atoms with van der Waals surface area (Å²) >= 11 is 3.05. The van der Waals surface area contributed by atoms with Crippen molar-refractivity contribution in [3.05, 3.63) is 51.7 Å². The molecule has 0 radical (unpaired) electrons. The number of allylic oxidation sites excluding steroid dienone is 1. The maximum atomic E-state index is 9.63. The van der Waals surface area contributed by atoms with Crippen LogP contribution in [-0.4, -0.2) is 17.2 Å². The van der Waals surface area contributed by atoms with Gasteiger partial charge < -0.3 is 9.84 Å². The molecule has 0 aliphatic carbocycles. The van der Waals surface area contributed by atoms with E-state index >= 15 is 0 Å². The number of rotatable bonds is 4. The molecule has 6 heteroatoms. The number of thiophene rings is 1. The summed E-state index contributed by atoms with van der Waals surface area (Å²) in [5.41, 5.74) is 2.12. The average Bonchev–Trinajstić information content (AvgIpc) is 3.25. The van der Waals surface area contributed by atoms with Gasteiger partial charge in [0.2, 0.25) is 0 Å². The van der Waals surface area contributed by atoms with Crippen molar-refractivity contribution in [3.63, 3.8) is 0 Å². The minimum atomic E-state index is 0.0670. The number of hydrogen-bond acceptors (Lipinski definition) is 6. The molecule has 1 N–H and O–H groups in total. The summed E-state index contributed by atoms with van der Waals surface area (Å²) in [6.07, 6.45) is 1.74. The van der Waals surface area contributed by atoms with Gasteiger partial charge in [-0.2, -0.15) is 5.26 Å². The summed E-state index contributed by atoms with van der Waals surface area (Å²) < 4.78 is 5.09. The molecule has 3 aromatic rings. The topological polar surface area (TPSA) is 66.1 Å². The number of thiazole rings is 1. The lowest BCUT2D eigenvalue weighted by Crippen LogP contribution is -1.86. The highest BCUT2D eigenvalue weighted by molar-refractivity contribution is 7.14. The van der Waals surface area contributed by atoms with E-state index in [2.05, 4.69) is 11.1 Å². The lowest BCUT2D eigenvalue weighted by molar-refractivity contribution is 0.373. The van der Waals surface area contributed by atoms with E-state index < -0.39 is 0 Å². The van der Waals surface area contributed by atoms with E-state index in [9.17, 15) is 10.4 Å². The third-order valence-corrected chi connectivity index (χ3v) is 4.91. The molecule has 23 heavy (non-hydrogen) atoms. The van der Waals surface area contributed by atoms with Gasteiger partial charge in [-0.1, -0.05) is 12.1 Å². The number of phenolic OH excluding ortho intramolecular Hbond substituents is 1. The van der Waals surface area contributed by atoms with Gasteiger partial charge in [0.1, 0.15) is 11.1 Å². The van der Waals surface area contributed by atoms with Crippen molar-refractivity contribution in [1.82, 2.24) is 4.98 Å². The first-order chi connectivity index (χ1) is 11.2. The van der Waals surface area contributed by atoms with E-state index in [0.29, 0.717) is 16.3 Å². The fraction of sp³-hybridized carbons (Fsp3) is 0.0588. The molecule has 2 heterocycles. The normalized spacial score (nSPS) is 11.2. The van der Waals surface area contributed by atoms with Gasteiger partial charge in [0.15, 0.2) is 11.5 Å². The zero-order valence-corrected chi connectivity index (χ0v) is 13.8. The number of aromatic nitrogens is 1. The molecule has 0 aliphatic rings. The highest BCUT2D eigenvalue weighted by atomic mass is 32.1. The molecule has 0 saturated heterocycles. The molecule has 0 fully saturated rings. The third-order valence-electron chi connectivity index (χ3n) is 3.14.